The highest BCUT2D eigenvalue weighted by atomic mass is 19.1. The molecule has 28 heavy (non-hydrogen) atoms. The standard InChI is InChI=1S/C22H20FN3O2/c23-19-13-24-22(25-14-19)28-20-7-4-12-26(15-20)21(27)18-10-8-17(9-11-18)16-5-2-1-3-6-16/h1-3,5-6,8-11,13-14,20H,4,7,12,15H2/t20-/m1/s1. The van der Waals surface area contributed by atoms with Gasteiger partial charge in [-0.2, -0.15) is 0 Å². The minimum atomic E-state index is -0.508. The van der Waals surface area contributed by atoms with Gasteiger partial charge in [-0.3, -0.25) is 4.79 Å². The summed E-state index contributed by atoms with van der Waals surface area (Å²) in [5.41, 5.74) is 2.84. The van der Waals surface area contributed by atoms with E-state index in [2.05, 4.69) is 9.97 Å². The molecule has 1 amide bonds. The third kappa shape index (κ3) is 4.17. The molecule has 1 aliphatic heterocycles. The SMILES string of the molecule is O=C(c1ccc(-c2ccccc2)cc1)N1CCC[C@@H](Oc2ncc(F)cn2)C1. The van der Waals surface area contributed by atoms with Crippen LogP contribution in [-0.2, 0) is 0 Å². The second-order valence-electron chi connectivity index (χ2n) is 6.76. The van der Waals surface area contributed by atoms with Crippen LogP contribution in [0.25, 0.3) is 11.1 Å². The fourth-order valence-corrected chi connectivity index (χ4v) is 3.35. The van der Waals surface area contributed by atoms with E-state index in [9.17, 15) is 9.18 Å². The van der Waals surface area contributed by atoms with Crippen molar-refractivity contribution in [1.29, 1.82) is 0 Å². The predicted molar refractivity (Wildman–Crippen MR) is 103 cm³/mol. The molecule has 142 valence electrons. The smallest absolute Gasteiger partial charge is 0.316 e. The van der Waals surface area contributed by atoms with E-state index in [-0.39, 0.29) is 18.0 Å². The molecule has 0 radical (unpaired) electrons. The number of halogens is 1. The van der Waals surface area contributed by atoms with Gasteiger partial charge in [0.1, 0.15) is 6.10 Å². The molecule has 6 heteroatoms. The number of hydrogen-bond donors (Lipinski definition) is 0. The predicted octanol–water partition coefficient (Wildman–Crippen LogP) is 3.97. The minimum Gasteiger partial charge on any atom is -0.458 e. The zero-order valence-corrected chi connectivity index (χ0v) is 15.3. The number of carbonyl (C=O) groups excluding carboxylic acids is 1. The molecule has 1 saturated heterocycles. The van der Waals surface area contributed by atoms with Crippen LogP contribution in [-0.4, -0.2) is 40.0 Å². The lowest BCUT2D eigenvalue weighted by Gasteiger charge is -2.32. The van der Waals surface area contributed by atoms with E-state index in [1.165, 1.54) is 0 Å². The molecule has 1 atom stereocenters. The van der Waals surface area contributed by atoms with Gasteiger partial charge in [-0.1, -0.05) is 42.5 Å². The normalized spacial score (nSPS) is 16.6. The Hall–Kier alpha value is -3.28. The molecule has 0 saturated carbocycles. The number of aromatic nitrogens is 2. The van der Waals surface area contributed by atoms with E-state index in [1.807, 2.05) is 54.6 Å². The lowest BCUT2D eigenvalue weighted by Crippen LogP contribution is -2.44. The van der Waals surface area contributed by atoms with Gasteiger partial charge in [0.2, 0.25) is 0 Å². The van der Waals surface area contributed by atoms with Crippen molar-refractivity contribution >= 4 is 5.91 Å². The monoisotopic (exact) mass is 377 g/mol. The van der Waals surface area contributed by atoms with Crippen LogP contribution in [0.5, 0.6) is 6.01 Å². The van der Waals surface area contributed by atoms with Crippen LogP contribution in [0.15, 0.2) is 67.0 Å². The van der Waals surface area contributed by atoms with E-state index < -0.39 is 5.82 Å². The maximum Gasteiger partial charge on any atom is 0.316 e. The first-order valence-corrected chi connectivity index (χ1v) is 9.28. The van der Waals surface area contributed by atoms with Gasteiger partial charge in [0, 0.05) is 12.1 Å². The Balaban J connectivity index is 1.41. The van der Waals surface area contributed by atoms with E-state index in [4.69, 9.17) is 4.74 Å². The summed E-state index contributed by atoms with van der Waals surface area (Å²) in [4.78, 5) is 22.3. The van der Waals surface area contributed by atoms with Gasteiger partial charge in [-0.15, -0.1) is 0 Å². The molecule has 0 N–H and O–H groups in total. The number of piperidine rings is 1. The maximum atomic E-state index is 12.9. The number of ether oxygens (including phenoxy) is 1. The number of nitrogens with zero attached hydrogens (tertiary/aromatic N) is 3. The number of hydrogen-bond acceptors (Lipinski definition) is 4. The minimum absolute atomic E-state index is 0.0204. The van der Waals surface area contributed by atoms with Crippen LogP contribution >= 0.6 is 0 Å². The summed E-state index contributed by atoms with van der Waals surface area (Å²) in [6, 6.07) is 17.8. The average molecular weight is 377 g/mol. The number of benzene rings is 2. The lowest BCUT2D eigenvalue weighted by molar-refractivity contribution is 0.0515. The summed E-state index contributed by atoms with van der Waals surface area (Å²) in [5.74, 6) is -0.528. The van der Waals surface area contributed by atoms with Gasteiger partial charge in [-0.05, 0) is 36.1 Å². The molecule has 2 heterocycles. The van der Waals surface area contributed by atoms with Crippen LogP contribution in [0.1, 0.15) is 23.2 Å². The highest BCUT2D eigenvalue weighted by Gasteiger charge is 2.26. The average Bonchev–Trinajstić information content (AvgIpc) is 2.76. The summed E-state index contributed by atoms with van der Waals surface area (Å²) < 4.78 is 18.6. The molecule has 0 bridgehead atoms. The van der Waals surface area contributed by atoms with Gasteiger partial charge >= 0.3 is 6.01 Å². The van der Waals surface area contributed by atoms with Crippen LogP contribution in [0, 0.1) is 5.82 Å². The summed E-state index contributed by atoms with van der Waals surface area (Å²) in [7, 11) is 0. The zero-order chi connectivity index (χ0) is 19.3. The van der Waals surface area contributed by atoms with Crippen molar-refractivity contribution in [1.82, 2.24) is 14.9 Å². The second kappa shape index (κ2) is 8.17. The Morgan fingerprint density at radius 3 is 2.39 bits per heavy atom. The molecule has 1 aliphatic rings. The second-order valence-corrected chi connectivity index (χ2v) is 6.76. The van der Waals surface area contributed by atoms with Crippen LogP contribution < -0.4 is 4.74 Å². The summed E-state index contributed by atoms with van der Waals surface area (Å²) in [6.45, 7) is 1.14. The first kappa shape index (κ1) is 18.1. The molecular weight excluding hydrogens is 357 g/mol. The van der Waals surface area contributed by atoms with E-state index >= 15 is 0 Å². The topological polar surface area (TPSA) is 55.3 Å². The van der Waals surface area contributed by atoms with Crippen molar-refractivity contribution in [3.8, 4) is 17.1 Å². The summed E-state index contributed by atoms with van der Waals surface area (Å²) in [6.07, 6.45) is 3.58. The summed E-state index contributed by atoms with van der Waals surface area (Å²) in [5, 5.41) is 0. The Morgan fingerprint density at radius 2 is 1.68 bits per heavy atom. The molecular formula is C22H20FN3O2. The van der Waals surface area contributed by atoms with Gasteiger partial charge in [-0.25, -0.2) is 14.4 Å². The molecule has 3 aromatic rings. The fourth-order valence-electron chi connectivity index (χ4n) is 3.35. The highest BCUT2D eigenvalue weighted by molar-refractivity contribution is 5.94. The highest BCUT2D eigenvalue weighted by Crippen LogP contribution is 2.21. The van der Waals surface area contributed by atoms with Gasteiger partial charge in [0.15, 0.2) is 5.82 Å². The number of likely N-dealkylation sites (tertiary alicyclic amines) is 1. The third-order valence-corrected chi connectivity index (χ3v) is 4.77. The Labute approximate surface area is 162 Å². The van der Waals surface area contributed by atoms with E-state index in [0.29, 0.717) is 18.7 Å². The molecule has 0 aliphatic carbocycles. The van der Waals surface area contributed by atoms with Crippen molar-refractivity contribution in [2.75, 3.05) is 13.1 Å². The van der Waals surface area contributed by atoms with E-state index in [1.54, 1.807) is 4.90 Å². The Morgan fingerprint density at radius 1 is 1.00 bits per heavy atom. The third-order valence-electron chi connectivity index (χ3n) is 4.77. The van der Waals surface area contributed by atoms with Crippen LogP contribution in [0.2, 0.25) is 0 Å². The van der Waals surface area contributed by atoms with Crippen molar-refractivity contribution in [2.24, 2.45) is 0 Å². The number of rotatable bonds is 4. The Kier molecular flexibility index (Phi) is 5.28. The van der Waals surface area contributed by atoms with Crippen LogP contribution in [0.4, 0.5) is 4.39 Å². The largest absolute Gasteiger partial charge is 0.458 e. The number of carbonyl (C=O) groups is 1. The summed E-state index contributed by atoms with van der Waals surface area (Å²) >= 11 is 0. The zero-order valence-electron chi connectivity index (χ0n) is 15.3. The maximum absolute atomic E-state index is 12.9. The molecule has 1 aromatic heterocycles. The van der Waals surface area contributed by atoms with Gasteiger partial charge in [0.05, 0.1) is 18.9 Å². The molecule has 0 unspecified atom stereocenters. The quantitative estimate of drug-likeness (QED) is 0.690. The molecule has 4 rings (SSSR count). The van der Waals surface area contributed by atoms with Crippen molar-refractivity contribution in [3.05, 3.63) is 78.4 Å². The lowest BCUT2D eigenvalue weighted by atomic mass is 10.0. The van der Waals surface area contributed by atoms with Crippen LogP contribution in [0.3, 0.4) is 0 Å². The van der Waals surface area contributed by atoms with Crippen molar-refractivity contribution in [2.45, 2.75) is 18.9 Å². The molecule has 0 spiro atoms. The van der Waals surface area contributed by atoms with Gasteiger partial charge in [0.25, 0.3) is 5.91 Å². The van der Waals surface area contributed by atoms with E-state index in [0.717, 1.165) is 36.4 Å². The first-order chi connectivity index (χ1) is 13.7. The Bertz CT molecular complexity index is 930. The molecule has 5 nitrogen and oxygen atoms in total. The van der Waals surface area contributed by atoms with Gasteiger partial charge < -0.3 is 9.64 Å². The first-order valence-electron chi connectivity index (χ1n) is 9.28. The van der Waals surface area contributed by atoms with Crippen molar-refractivity contribution in [3.63, 3.8) is 0 Å². The molecule has 1 fully saturated rings. The fraction of sp³-hybridized carbons (Fsp3) is 0.227. The number of amides is 1. The molecule has 2 aromatic carbocycles. The van der Waals surface area contributed by atoms with Crippen molar-refractivity contribution < 1.29 is 13.9 Å².